The number of benzene rings is 2. The van der Waals surface area contributed by atoms with E-state index in [0.717, 1.165) is 5.56 Å². The number of phenols is 2. The molecule has 0 saturated heterocycles. The van der Waals surface area contributed by atoms with Crippen molar-refractivity contribution in [1.82, 2.24) is 0 Å². The minimum absolute atomic E-state index is 0.0630. The summed E-state index contributed by atoms with van der Waals surface area (Å²) in [5, 5.41) is 27.7. The van der Waals surface area contributed by atoms with Crippen LogP contribution in [-0.4, -0.2) is 21.3 Å². The third-order valence-electron chi connectivity index (χ3n) is 2.66. The molecule has 0 heterocycles. The summed E-state index contributed by atoms with van der Waals surface area (Å²) in [6, 6.07) is 10.7. The highest BCUT2D eigenvalue weighted by molar-refractivity contribution is 5.88. The molecule has 4 heteroatoms. The summed E-state index contributed by atoms with van der Waals surface area (Å²) < 4.78 is 0. The lowest BCUT2D eigenvalue weighted by molar-refractivity contribution is 0.0696. The summed E-state index contributed by atoms with van der Waals surface area (Å²) in [6.45, 7) is 0. The van der Waals surface area contributed by atoms with Crippen LogP contribution in [0.2, 0.25) is 0 Å². The van der Waals surface area contributed by atoms with E-state index >= 15 is 0 Å². The molecule has 0 aliphatic carbocycles. The van der Waals surface area contributed by atoms with Crippen molar-refractivity contribution in [2.24, 2.45) is 0 Å². The highest BCUT2D eigenvalue weighted by atomic mass is 16.4. The largest absolute Gasteiger partial charge is 0.508 e. The molecule has 0 spiro atoms. The van der Waals surface area contributed by atoms with Gasteiger partial charge in [-0.25, -0.2) is 4.79 Å². The predicted octanol–water partition coefficient (Wildman–Crippen LogP) is 2.39. The van der Waals surface area contributed by atoms with Crippen molar-refractivity contribution in [2.45, 2.75) is 6.42 Å². The fourth-order valence-electron chi connectivity index (χ4n) is 1.69. The molecule has 0 aliphatic rings. The second-order valence-corrected chi connectivity index (χ2v) is 3.99. The number of rotatable bonds is 3. The van der Waals surface area contributed by atoms with Crippen LogP contribution < -0.4 is 0 Å². The van der Waals surface area contributed by atoms with Gasteiger partial charge in [-0.05, 0) is 41.5 Å². The van der Waals surface area contributed by atoms with E-state index < -0.39 is 5.97 Å². The van der Waals surface area contributed by atoms with Crippen molar-refractivity contribution in [2.75, 3.05) is 0 Å². The van der Waals surface area contributed by atoms with Crippen LogP contribution in [0.15, 0.2) is 42.5 Å². The van der Waals surface area contributed by atoms with Crippen LogP contribution in [0.4, 0.5) is 0 Å². The maximum Gasteiger partial charge on any atom is 0.335 e. The SMILES string of the molecule is O=C(O)c1ccc(O)c(Cc2ccc(O)cc2)c1. The van der Waals surface area contributed by atoms with E-state index in [1.165, 1.54) is 18.2 Å². The number of carbonyl (C=O) groups is 1. The van der Waals surface area contributed by atoms with Crippen molar-refractivity contribution in [3.8, 4) is 11.5 Å². The standard InChI is InChI=1S/C14H12O4/c15-12-4-1-9(2-5-12)7-11-8-10(14(17)18)3-6-13(11)16/h1-6,8,15-16H,7H2,(H,17,18). The smallest absolute Gasteiger partial charge is 0.335 e. The minimum Gasteiger partial charge on any atom is -0.508 e. The molecule has 92 valence electrons. The predicted molar refractivity (Wildman–Crippen MR) is 66.0 cm³/mol. The fourth-order valence-corrected chi connectivity index (χ4v) is 1.69. The number of carboxylic acid groups (broad SMARTS) is 1. The quantitative estimate of drug-likeness (QED) is 0.774. The molecule has 0 amide bonds. The van der Waals surface area contributed by atoms with Gasteiger partial charge in [-0.15, -0.1) is 0 Å². The van der Waals surface area contributed by atoms with Gasteiger partial charge in [0.05, 0.1) is 5.56 Å². The van der Waals surface area contributed by atoms with Gasteiger partial charge in [0.2, 0.25) is 0 Å². The molecule has 2 aromatic rings. The first kappa shape index (κ1) is 12.0. The van der Waals surface area contributed by atoms with Gasteiger partial charge in [-0.3, -0.25) is 0 Å². The third-order valence-corrected chi connectivity index (χ3v) is 2.66. The van der Waals surface area contributed by atoms with E-state index in [-0.39, 0.29) is 17.1 Å². The normalized spacial score (nSPS) is 10.2. The first-order chi connectivity index (χ1) is 8.56. The molecular formula is C14H12O4. The highest BCUT2D eigenvalue weighted by Crippen LogP contribution is 2.22. The van der Waals surface area contributed by atoms with E-state index in [1.54, 1.807) is 24.3 Å². The van der Waals surface area contributed by atoms with Gasteiger partial charge in [0.15, 0.2) is 0 Å². The van der Waals surface area contributed by atoms with Crippen LogP contribution in [0.25, 0.3) is 0 Å². The van der Waals surface area contributed by atoms with Gasteiger partial charge in [0, 0.05) is 6.42 Å². The molecule has 0 atom stereocenters. The zero-order chi connectivity index (χ0) is 13.1. The van der Waals surface area contributed by atoms with Gasteiger partial charge in [0.1, 0.15) is 11.5 Å². The Morgan fingerprint density at radius 3 is 2.28 bits per heavy atom. The van der Waals surface area contributed by atoms with Crippen LogP contribution in [0, 0.1) is 0 Å². The number of hydrogen-bond acceptors (Lipinski definition) is 3. The Kier molecular flexibility index (Phi) is 3.19. The van der Waals surface area contributed by atoms with E-state index in [2.05, 4.69) is 0 Å². The van der Waals surface area contributed by atoms with Gasteiger partial charge in [-0.1, -0.05) is 12.1 Å². The molecule has 4 nitrogen and oxygen atoms in total. The Bertz CT molecular complexity index is 573. The molecule has 0 aromatic heterocycles. The van der Waals surface area contributed by atoms with Crippen LogP contribution in [0.3, 0.4) is 0 Å². The van der Waals surface area contributed by atoms with Gasteiger partial charge < -0.3 is 15.3 Å². The van der Waals surface area contributed by atoms with E-state index in [4.69, 9.17) is 10.2 Å². The average Bonchev–Trinajstić information content (AvgIpc) is 2.34. The van der Waals surface area contributed by atoms with Crippen LogP contribution >= 0.6 is 0 Å². The third kappa shape index (κ3) is 2.60. The van der Waals surface area contributed by atoms with Crippen molar-refractivity contribution < 1.29 is 20.1 Å². The molecule has 0 bridgehead atoms. The average molecular weight is 244 g/mol. The summed E-state index contributed by atoms with van der Waals surface area (Å²) in [7, 11) is 0. The molecule has 0 fully saturated rings. The van der Waals surface area contributed by atoms with E-state index in [9.17, 15) is 9.90 Å². The van der Waals surface area contributed by atoms with Crippen molar-refractivity contribution in [3.05, 3.63) is 59.2 Å². The molecule has 2 aromatic carbocycles. The van der Waals surface area contributed by atoms with Crippen molar-refractivity contribution >= 4 is 5.97 Å². The first-order valence-electron chi connectivity index (χ1n) is 5.39. The molecule has 0 saturated carbocycles. The van der Waals surface area contributed by atoms with Crippen molar-refractivity contribution in [1.29, 1.82) is 0 Å². The zero-order valence-corrected chi connectivity index (χ0v) is 9.50. The summed E-state index contributed by atoms with van der Waals surface area (Å²) in [6.07, 6.45) is 0.410. The van der Waals surface area contributed by atoms with Crippen LogP contribution in [0.1, 0.15) is 21.5 Å². The topological polar surface area (TPSA) is 77.8 Å². The van der Waals surface area contributed by atoms with E-state index in [1.807, 2.05) is 0 Å². The Hall–Kier alpha value is -2.49. The summed E-state index contributed by atoms with van der Waals surface area (Å²) in [5.41, 5.74) is 1.56. The molecule has 0 aliphatic heterocycles. The second kappa shape index (κ2) is 4.79. The molecular weight excluding hydrogens is 232 g/mol. The number of hydrogen-bond donors (Lipinski definition) is 3. The molecule has 0 radical (unpaired) electrons. The fraction of sp³-hybridized carbons (Fsp3) is 0.0714. The Morgan fingerprint density at radius 1 is 1.00 bits per heavy atom. The summed E-state index contributed by atoms with van der Waals surface area (Å²) in [4.78, 5) is 10.8. The number of aromatic carboxylic acids is 1. The maximum atomic E-state index is 10.8. The highest BCUT2D eigenvalue weighted by Gasteiger charge is 2.08. The molecule has 2 rings (SSSR count). The monoisotopic (exact) mass is 244 g/mol. The summed E-state index contributed by atoms with van der Waals surface area (Å²) >= 11 is 0. The molecule has 18 heavy (non-hydrogen) atoms. The van der Waals surface area contributed by atoms with Crippen LogP contribution in [-0.2, 0) is 6.42 Å². The molecule has 0 unspecified atom stereocenters. The lowest BCUT2D eigenvalue weighted by Gasteiger charge is -2.06. The van der Waals surface area contributed by atoms with Gasteiger partial charge in [0.25, 0.3) is 0 Å². The minimum atomic E-state index is -1.03. The lowest BCUT2D eigenvalue weighted by atomic mass is 10.0. The maximum absolute atomic E-state index is 10.8. The number of phenolic OH excluding ortho intramolecular Hbond substituents is 2. The first-order valence-corrected chi connectivity index (χ1v) is 5.39. The second-order valence-electron chi connectivity index (χ2n) is 3.99. The summed E-state index contributed by atoms with van der Waals surface area (Å²) in [5.74, 6) is -0.794. The van der Waals surface area contributed by atoms with Gasteiger partial charge >= 0.3 is 5.97 Å². The lowest BCUT2D eigenvalue weighted by Crippen LogP contribution is -1.98. The number of aromatic hydroxyl groups is 2. The van der Waals surface area contributed by atoms with E-state index in [0.29, 0.717) is 12.0 Å². The zero-order valence-electron chi connectivity index (χ0n) is 9.50. The van der Waals surface area contributed by atoms with Gasteiger partial charge in [-0.2, -0.15) is 0 Å². The number of carboxylic acids is 1. The van der Waals surface area contributed by atoms with Crippen molar-refractivity contribution in [3.63, 3.8) is 0 Å². The molecule has 3 N–H and O–H groups in total. The van der Waals surface area contributed by atoms with Crippen LogP contribution in [0.5, 0.6) is 11.5 Å². The Labute approximate surface area is 104 Å². The Morgan fingerprint density at radius 2 is 1.67 bits per heavy atom. The Balaban J connectivity index is 2.30.